The normalized spacial score (nSPS) is 10.3. The van der Waals surface area contributed by atoms with Gasteiger partial charge in [-0.05, 0) is 54.8 Å². The van der Waals surface area contributed by atoms with E-state index in [-0.39, 0.29) is 22.0 Å². The second kappa shape index (κ2) is 9.94. The van der Waals surface area contributed by atoms with Crippen LogP contribution in [-0.2, 0) is 4.79 Å². The molecule has 1 aromatic heterocycles. The number of amides is 2. The first-order valence-corrected chi connectivity index (χ1v) is 10.9. The number of benzene rings is 2. The van der Waals surface area contributed by atoms with Crippen molar-refractivity contribution in [1.29, 1.82) is 0 Å². The van der Waals surface area contributed by atoms with Crippen LogP contribution in [0.5, 0.6) is 0 Å². The molecule has 0 atom stereocenters. The van der Waals surface area contributed by atoms with Crippen LogP contribution in [-0.4, -0.2) is 22.0 Å². The molecule has 3 rings (SSSR count). The van der Waals surface area contributed by atoms with Crippen LogP contribution < -0.4 is 21.3 Å². The van der Waals surface area contributed by atoms with E-state index >= 15 is 0 Å². The van der Waals surface area contributed by atoms with Gasteiger partial charge in [-0.1, -0.05) is 36.7 Å². The van der Waals surface area contributed by atoms with Gasteiger partial charge in [-0.15, -0.1) is 11.3 Å². The molecule has 30 heavy (non-hydrogen) atoms. The molecule has 10 heteroatoms. The van der Waals surface area contributed by atoms with E-state index in [1.54, 1.807) is 31.2 Å². The molecule has 154 valence electrons. The standard InChI is InChI=1S/C20H17ClN4O2S3/c1-2-15(26)24-19(28)22-11-7-9-12(10-8-11)23-20(29)25-18(27)17-16(21)13-5-3-4-6-14(13)30-17/h3-10H,2H2,1H3,(H2,22,24,26,28)(H2,23,25,27,29). The lowest BCUT2D eigenvalue weighted by atomic mass is 10.2. The van der Waals surface area contributed by atoms with Crippen molar-refractivity contribution in [2.45, 2.75) is 13.3 Å². The Balaban J connectivity index is 1.58. The number of carbonyl (C=O) groups excluding carboxylic acids is 2. The molecule has 0 radical (unpaired) electrons. The van der Waals surface area contributed by atoms with E-state index in [1.165, 1.54) is 11.3 Å². The minimum absolute atomic E-state index is 0.153. The zero-order valence-electron chi connectivity index (χ0n) is 15.7. The first-order valence-electron chi connectivity index (χ1n) is 8.87. The Hall–Kier alpha value is -2.59. The van der Waals surface area contributed by atoms with Crippen molar-refractivity contribution < 1.29 is 9.59 Å². The molecule has 3 aromatic rings. The molecule has 0 unspecified atom stereocenters. The molecule has 6 nitrogen and oxygen atoms in total. The molecule has 0 aliphatic heterocycles. The van der Waals surface area contributed by atoms with Crippen LogP contribution in [0, 0.1) is 0 Å². The summed E-state index contributed by atoms with van der Waals surface area (Å²) in [5.74, 6) is -0.528. The van der Waals surface area contributed by atoms with E-state index < -0.39 is 0 Å². The van der Waals surface area contributed by atoms with Crippen LogP contribution >= 0.6 is 47.4 Å². The number of hydrogen-bond donors (Lipinski definition) is 4. The van der Waals surface area contributed by atoms with Crippen LogP contribution in [0.15, 0.2) is 48.5 Å². The maximum atomic E-state index is 12.6. The van der Waals surface area contributed by atoms with E-state index in [2.05, 4.69) is 21.3 Å². The average Bonchev–Trinajstić information content (AvgIpc) is 3.06. The van der Waals surface area contributed by atoms with E-state index in [0.717, 1.165) is 10.1 Å². The highest BCUT2D eigenvalue weighted by atomic mass is 35.5. The Morgan fingerprint density at radius 1 is 0.933 bits per heavy atom. The number of hydrogen-bond acceptors (Lipinski definition) is 5. The minimum atomic E-state index is -0.367. The van der Waals surface area contributed by atoms with Gasteiger partial charge in [0, 0.05) is 27.9 Å². The van der Waals surface area contributed by atoms with Crippen molar-refractivity contribution in [1.82, 2.24) is 10.6 Å². The number of rotatable bonds is 4. The van der Waals surface area contributed by atoms with Gasteiger partial charge in [0.25, 0.3) is 5.91 Å². The molecule has 0 aliphatic rings. The van der Waals surface area contributed by atoms with Gasteiger partial charge in [-0.25, -0.2) is 0 Å². The van der Waals surface area contributed by atoms with Crippen molar-refractivity contribution in [3.8, 4) is 0 Å². The highest BCUT2D eigenvalue weighted by molar-refractivity contribution is 7.80. The van der Waals surface area contributed by atoms with Crippen molar-refractivity contribution >= 4 is 90.9 Å². The maximum Gasteiger partial charge on any atom is 0.269 e. The van der Waals surface area contributed by atoms with Gasteiger partial charge < -0.3 is 16.0 Å². The summed E-state index contributed by atoms with van der Waals surface area (Å²) in [4.78, 5) is 24.3. The predicted molar refractivity (Wildman–Crippen MR) is 132 cm³/mol. The molecular weight excluding hydrogens is 460 g/mol. The summed E-state index contributed by atoms with van der Waals surface area (Å²) in [6, 6.07) is 14.6. The second-order valence-electron chi connectivity index (χ2n) is 6.08. The average molecular weight is 477 g/mol. The Labute approximate surface area is 193 Å². The van der Waals surface area contributed by atoms with Gasteiger partial charge in [-0.2, -0.15) is 0 Å². The summed E-state index contributed by atoms with van der Waals surface area (Å²) in [7, 11) is 0. The number of carbonyl (C=O) groups is 2. The number of thiocarbonyl (C=S) groups is 2. The molecule has 1 heterocycles. The van der Waals surface area contributed by atoms with Crippen LogP contribution in [0.2, 0.25) is 5.02 Å². The Morgan fingerprint density at radius 2 is 1.50 bits per heavy atom. The summed E-state index contributed by atoms with van der Waals surface area (Å²) in [5, 5.41) is 12.7. The molecule has 0 aliphatic carbocycles. The molecule has 2 amide bonds. The molecule has 0 fully saturated rings. The predicted octanol–water partition coefficient (Wildman–Crippen LogP) is 4.90. The molecule has 0 saturated heterocycles. The minimum Gasteiger partial charge on any atom is -0.332 e. The number of thiophene rings is 1. The van der Waals surface area contributed by atoms with Crippen LogP contribution in [0.4, 0.5) is 11.4 Å². The molecule has 0 saturated carbocycles. The second-order valence-corrected chi connectivity index (χ2v) is 8.33. The first-order chi connectivity index (χ1) is 14.4. The summed E-state index contributed by atoms with van der Waals surface area (Å²) in [6.45, 7) is 1.74. The van der Waals surface area contributed by atoms with Crippen LogP contribution in [0.3, 0.4) is 0 Å². The SMILES string of the molecule is CCC(=O)NC(=S)Nc1ccc(NC(=S)NC(=O)c2sc3ccccc3c2Cl)cc1. The van der Waals surface area contributed by atoms with Gasteiger partial charge in [0.05, 0.1) is 5.02 Å². The van der Waals surface area contributed by atoms with Crippen molar-refractivity contribution in [2.24, 2.45) is 0 Å². The van der Waals surface area contributed by atoms with Crippen molar-refractivity contribution in [2.75, 3.05) is 10.6 Å². The maximum absolute atomic E-state index is 12.6. The fourth-order valence-electron chi connectivity index (χ4n) is 2.50. The lowest BCUT2D eigenvalue weighted by molar-refractivity contribution is -0.119. The lowest BCUT2D eigenvalue weighted by Gasteiger charge is -2.11. The number of fused-ring (bicyclic) bond motifs is 1. The first kappa shape index (κ1) is 22.1. The molecule has 0 spiro atoms. The summed E-state index contributed by atoms with van der Waals surface area (Å²) < 4.78 is 0.933. The monoisotopic (exact) mass is 476 g/mol. The quantitative estimate of drug-likeness (QED) is 0.401. The van der Waals surface area contributed by atoms with E-state index in [4.69, 9.17) is 36.0 Å². The van der Waals surface area contributed by atoms with Crippen molar-refractivity contribution in [3.63, 3.8) is 0 Å². The zero-order chi connectivity index (χ0) is 21.7. The zero-order valence-corrected chi connectivity index (χ0v) is 19.0. The number of anilines is 2. The summed E-state index contributed by atoms with van der Waals surface area (Å²) in [6.07, 6.45) is 0.348. The summed E-state index contributed by atoms with van der Waals surface area (Å²) in [5.41, 5.74) is 1.38. The molecular formula is C20H17ClN4O2S3. The Kier molecular flexibility index (Phi) is 7.33. The highest BCUT2D eigenvalue weighted by Crippen LogP contribution is 2.34. The lowest BCUT2D eigenvalue weighted by Crippen LogP contribution is -2.34. The third-order valence-corrected chi connectivity index (χ3v) is 6.03. The molecule has 0 bridgehead atoms. The van der Waals surface area contributed by atoms with E-state index in [1.807, 2.05) is 24.3 Å². The fourth-order valence-corrected chi connectivity index (χ4v) is 4.35. The van der Waals surface area contributed by atoms with Gasteiger partial charge in [0.15, 0.2) is 10.2 Å². The van der Waals surface area contributed by atoms with Crippen LogP contribution in [0.1, 0.15) is 23.0 Å². The summed E-state index contributed by atoms with van der Waals surface area (Å²) >= 11 is 18.0. The third kappa shape index (κ3) is 5.51. The van der Waals surface area contributed by atoms with Crippen molar-refractivity contribution in [3.05, 3.63) is 58.4 Å². The third-order valence-electron chi connectivity index (χ3n) is 3.94. The molecule has 2 aromatic carbocycles. The topological polar surface area (TPSA) is 82.3 Å². The van der Waals surface area contributed by atoms with Gasteiger partial charge in [-0.3, -0.25) is 14.9 Å². The number of nitrogens with one attached hydrogen (secondary N) is 4. The van der Waals surface area contributed by atoms with Crippen LogP contribution in [0.25, 0.3) is 10.1 Å². The fraction of sp³-hybridized carbons (Fsp3) is 0.100. The smallest absolute Gasteiger partial charge is 0.269 e. The van der Waals surface area contributed by atoms with E-state index in [9.17, 15) is 9.59 Å². The number of halogens is 1. The van der Waals surface area contributed by atoms with Gasteiger partial charge in [0.1, 0.15) is 4.88 Å². The Bertz CT molecular complexity index is 1130. The Morgan fingerprint density at radius 3 is 2.07 bits per heavy atom. The molecule has 4 N–H and O–H groups in total. The highest BCUT2D eigenvalue weighted by Gasteiger charge is 2.17. The van der Waals surface area contributed by atoms with Gasteiger partial charge >= 0.3 is 0 Å². The largest absolute Gasteiger partial charge is 0.332 e. The van der Waals surface area contributed by atoms with Gasteiger partial charge in [0.2, 0.25) is 5.91 Å². The van der Waals surface area contributed by atoms with E-state index in [0.29, 0.717) is 27.7 Å².